The third-order valence-corrected chi connectivity index (χ3v) is 2.99. The van der Waals surface area contributed by atoms with E-state index in [1.54, 1.807) is 11.3 Å². The molecule has 0 atom stereocenters. The summed E-state index contributed by atoms with van der Waals surface area (Å²) in [5.74, 6) is 0. The molecule has 1 aromatic rings. The minimum absolute atomic E-state index is 0. The quantitative estimate of drug-likeness (QED) is 0.796. The lowest BCUT2D eigenvalue weighted by Gasteiger charge is -1.85. The number of thiazole rings is 1. The molecule has 70 valence electrons. The summed E-state index contributed by atoms with van der Waals surface area (Å²) in [7, 11) is 0. The second kappa shape index (κ2) is 5.02. The maximum atomic E-state index is 5.46. The van der Waals surface area contributed by atoms with Gasteiger partial charge in [0.15, 0.2) is 0 Å². The highest BCUT2D eigenvalue weighted by atomic mass is 35.5. The molecule has 12 heavy (non-hydrogen) atoms. The fourth-order valence-electron chi connectivity index (χ4n) is 1.33. The van der Waals surface area contributed by atoms with Crippen LogP contribution in [0.2, 0.25) is 0 Å². The Bertz CT molecular complexity index is 228. The Labute approximate surface area is 88.4 Å². The second-order valence-corrected chi connectivity index (χ2v) is 3.70. The van der Waals surface area contributed by atoms with Gasteiger partial charge in [0.2, 0.25) is 0 Å². The van der Waals surface area contributed by atoms with Crippen LogP contribution in [0.4, 0.5) is 0 Å². The molecule has 1 aliphatic rings. The molecule has 2 nitrogen and oxygen atoms in total. The summed E-state index contributed by atoms with van der Waals surface area (Å²) in [5.41, 5.74) is 6.77. The minimum atomic E-state index is 0. The highest BCUT2D eigenvalue weighted by Gasteiger charge is 2.15. The highest BCUT2D eigenvalue weighted by Crippen LogP contribution is 2.26. The standard InChI is InChI=1S/C7H10N2S.2ClH/c8-4-7-9-5-2-1-3-6(5)10-7;;/h1-4,8H2;2*1H. The van der Waals surface area contributed by atoms with Crippen LogP contribution in [0.5, 0.6) is 0 Å². The third-order valence-electron chi connectivity index (χ3n) is 1.81. The normalized spacial score (nSPS) is 13.1. The molecular formula is C7H12Cl2N2S. The third kappa shape index (κ3) is 2.10. The van der Waals surface area contributed by atoms with Gasteiger partial charge in [-0.25, -0.2) is 4.98 Å². The molecule has 2 rings (SSSR count). The molecule has 0 saturated carbocycles. The zero-order valence-electron chi connectivity index (χ0n) is 6.58. The van der Waals surface area contributed by atoms with E-state index >= 15 is 0 Å². The van der Waals surface area contributed by atoms with Gasteiger partial charge in [-0.2, -0.15) is 0 Å². The fraction of sp³-hybridized carbons (Fsp3) is 0.571. The van der Waals surface area contributed by atoms with Crippen molar-refractivity contribution in [1.82, 2.24) is 4.98 Å². The summed E-state index contributed by atoms with van der Waals surface area (Å²) in [6.45, 7) is 0.609. The van der Waals surface area contributed by atoms with Gasteiger partial charge in [0.05, 0.1) is 5.69 Å². The van der Waals surface area contributed by atoms with Crippen LogP contribution in [-0.2, 0) is 19.4 Å². The summed E-state index contributed by atoms with van der Waals surface area (Å²) in [5, 5.41) is 1.10. The molecule has 0 amide bonds. The Morgan fingerprint density at radius 1 is 1.33 bits per heavy atom. The zero-order valence-corrected chi connectivity index (χ0v) is 9.03. The molecule has 1 aliphatic carbocycles. The Balaban J connectivity index is 0.000000605. The molecule has 0 radical (unpaired) electrons. The van der Waals surface area contributed by atoms with E-state index in [-0.39, 0.29) is 24.8 Å². The molecule has 0 aromatic carbocycles. The van der Waals surface area contributed by atoms with E-state index in [1.165, 1.54) is 29.8 Å². The molecule has 0 aliphatic heterocycles. The SMILES string of the molecule is Cl.Cl.NCc1nc2c(s1)CCC2. The van der Waals surface area contributed by atoms with Crippen LogP contribution in [0.3, 0.4) is 0 Å². The van der Waals surface area contributed by atoms with Crippen molar-refractivity contribution in [2.45, 2.75) is 25.8 Å². The Kier molecular flexibility index (Phi) is 5.09. The molecule has 0 unspecified atom stereocenters. The first-order chi connectivity index (χ1) is 4.90. The van der Waals surface area contributed by atoms with Crippen molar-refractivity contribution >= 4 is 36.2 Å². The van der Waals surface area contributed by atoms with Crippen LogP contribution in [0, 0.1) is 0 Å². The average molecular weight is 227 g/mol. The van der Waals surface area contributed by atoms with Crippen molar-refractivity contribution in [3.05, 3.63) is 15.6 Å². The topological polar surface area (TPSA) is 38.9 Å². The van der Waals surface area contributed by atoms with E-state index in [0.29, 0.717) is 6.54 Å². The maximum absolute atomic E-state index is 5.46. The number of rotatable bonds is 1. The van der Waals surface area contributed by atoms with E-state index in [1.807, 2.05) is 0 Å². The van der Waals surface area contributed by atoms with Crippen LogP contribution >= 0.6 is 36.2 Å². The van der Waals surface area contributed by atoms with E-state index in [9.17, 15) is 0 Å². The average Bonchev–Trinajstić information content (AvgIpc) is 2.42. The Morgan fingerprint density at radius 3 is 2.67 bits per heavy atom. The van der Waals surface area contributed by atoms with E-state index < -0.39 is 0 Å². The van der Waals surface area contributed by atoms with Crippen molar-refractivity contribution in [1.29, 1.82) is 0 Å². The summed E-state index contributed by atoms with van der Waals surface area (Å²) >= 11 is 1.79. The smallest absolute Gasteiger partial charge is 0.107 e. The number of aromatic nitrogens is 1. The zero-order chi connectivity index (χ0) is 6.97. The van der Waals surface area contributed by atoms with Gasteiger partial charge < -0.3 is 5.73 Å². The lowest BCUT2D eigenvalue weighted by atomic mass is 10.4. The van der Waals surface area contributed by atoms with Gasteiger partial charge in [0, 0.05) is 11.4 Å². The van der Waals surface area contributed by atoms with Gasteiger partial charge in [-0.05, 0) is 19.3 Å². The lowest BCUT2D eigenvalue weighted by molar-refractivity contribution is 0.888. The number of nitrogens with two attached hydrogens (primary N) is 1. The van der Waals surface area contributed by atoms with Gasteiger partial charge in [0.1, 0.15) is 5.01 Å². The van der Waals surface area contributed by atoms with Crippen LogP contribution in [0.25, 0.3) is 0 Å². The van der Waals surface area contributed by atoms with Gasteiger partial charge in [-0.15, -0.1) is 36.2 Å². The Hall–Kier alpha value is 0.170. The first-order valence-corrected chi connectivity index (χ1v) is 4.39. The predicted molar refractivity (Wildman–Crippen MR) is 56.5 cm³/mol. The van der Waals surface area contributed by atoms with Gasteiger partial charge in [-0.3, -0.25) is 0 Å². The van der Waals surface area contributed by atoms with Crippen molar-refractivity contribution < 1.29 is 0 Å². The molecule has 0 fully saturated rings. The minimum Gasteiger partial charge on any atom is -0.325 e. The van der Waals surface area contributed by atoms with Crippen LogP contribution in [0.1, 0.15) is 22.0 Å². The van der Waals surface area contributed by atoms with Gasteiger partial charge in [-0.1, -0.05) is 0 Å². The molecule has 0 bridgehead atoms. The largest absolute Gasteiger partial charge is 0.325 e. The number of hydrogen-bond donors (Lipinski definition) is 1. The molecular weight excluding hydrogens is 215 g/mol. The van der Waals surface area contributed by atoms with Gasteiger partial charge in [0.25, 0.3) is 0 Å². The maximum Gasteiger partial charge on any atom is 0.107 e. The van der Waals surface area contributed by atoms with Crippen LogP contribution in [0.15, 0.2) is 0 Å². The van der Waals surface area contributed by atoms with E-state index in [0.717, 1.165) is 5.01 Å². The van der Waals surface area contributed by atoms with Crippen molar-refractivity contribution in [2.75, 3.05) is 0 Å². The Morgan fingerprint density at radius 2 is 2.08 bits per heavy atom. The van der Waals surface area contributed by atoms with Crippen molar-refractivity contribution in [2.24, 2.45) is 5.73 Å². The van der Waals surface area contributed by atoms with Crippen LogP contribution in [-0.4, -0.2) is 4.98 Å². The first kappa shape index (κ1) is 12.2. The predicted octanol–water partition coefficient (Wildman–Crippen LogP) is 1.93. The fourth-order valence-corrected chi connectivity index (χ4v) is 2.37. The molecule has 0 spiro atoms. The number of nitrogens with zero attached hydrogens (tertiary/aromatic N) is 1. The van der Waals surface area contributed by atoms with E-state index in [2.05, 4.69) is 4.98 Å². The molecule has 0 saturated heterocycles. The molecule has 1 aromatic heterocycles. The first-order valence-electron chi connectivity index (χ1n) is 3.57. The summed E-state index contributed by atoms with van der Waals surface area (Å²) < 4.78 is 0. The second-order valence-electron chi connectivity index (χ2n) is 2.54. The molecule has 5 heteroatoms. The van der Waals surface area contributed by atoms with Crippen LogP contribution < -0.4 is 5.73 Å². The number of halogens is 2. The van der Waals surface area contributed by atoms with E-state index in [4.69, 9.17) is 5.73 Å². The molecule has 2 N–H and O–H groups in total. The monoisotopic (exact) mass is 226 g/mol. The summed E-state index contributed by atoms with van der Waals surface area (Å²) in [6.07, 6.45) is 3.69. The number of aryl methyl sites for hydroxylation is 2. The summed E-state index contributed by atoms with van der Waals surface area (Å²) in [4.78, 5) is 5.88. The summed E-state index contributed by atoms with van der Waals surface area (Å²) in [6, 6.07) is 0. The van der Waals surface area contributed by atoms with Gasteiger partial charge >= 0.3 is 0 Å². The molecule has 1 heterocycles. The van der Waals surface area contributed by atoms with Crippen molar-refractivity contribution in [3.63, 3.8) is 0 Å². The highest BCUT2D eigenvalue weighted by molar-refractivity contribution is 7.11. The van der Waals surface area contributed by atoms with Crippen molar-refractivity contribution in [3.8, 4) is 0 Å². The lowest BCUT2D eigenvalue weighted by Crippen LogP contribution is -1.95. The number of hydrogen-bond acceptors (Lipinski definition) is 3. The number of fused-ring (bicyclic) bond motifs is 1.